The number of hydrogen-bond acceptors (Lipinski definition) is 5. The number of benzene rings is 1. The number of aromatic hydroxyl groups is 1. The average molecular weight is 294 g/mol. The molecular weight excluding hydrogens is 272 g/mol. The van der Waals surface area contributed by atoms with Crippen molar-refractivity contribution in [2.45, 2.75) is 32.4 Å². The number of anilines is 1. The van der Waals surface area contributed by atoms with Crippen LogP contribution in [-0.2, 0) is 4.74 Å². The van der Waals surface area contributed by atoms with Gasteiger partial charge in [0.25, 0.3) is 0 Å². The SMILES string of the molecule is COc1ccc(NC2CN(C(=O)OC(C)(C)C)C2)cc1O. The van der Waals surface area contributed by atoms with Gasteiger partial charge in [-0.15, -0.1) is 0 Å². The first-order chi connectivity index (χ1) is 9.78. The molecule has 6 nitrogen and oxygen atoms in total. The number of rotatable bonds is 3. The maximum atomic E-state index is 11.8. The molecule has 0 saturated carbocycles. The normalized spacial score (nSPS) is 15.3. The third kappa shape index (κ3) is 3.93. The number of hydrogen-bond donors (Lipinski definition) is 2. The third-order valence-electron chi connectivity index (χ3n) is 3.08. The third-order valence-corrected chi connectivity index (χ3v) is 3.08. The van der Waals surface area contributed by atoms with Crippen LogP contribution in [0.1, 0.15) is 20.8 Å². The van der Waals surface area contributed by atoms with Crippen molar-refractivity contribution in [1.82, 2.24) is 4.90 Å². The van der Waals surface area contributed by atoms with Crippen molar-refractivity contribution in [1.29, 1.82) is 0 Å². The van der Waals surface area contributed by atoms with Gasteiger partial charge in [-0.3, -0.25) is 0 Å². The molecular formula is C15H22N2O4. The Morgan fingerprint density at radius 1 is 1.38 bits per heavy atom. The molecule has 2 rings (SSSR count). The number of likely N-dealkylation sites (tertiary alicyclic amines) is 1. The quantitative estimate of drug-likeness (QED) is 0.896. The molecule has 0 aromatic heterocycles. The number of nitrogens with zero attached hydrogens (tertiary/aromatic N) is 1. The van der Waals surface area contributed by atoms with Crippen LogP contribution in [0.4, 0.5) is 10.5 Å². The van der Waals surface area contributed by atoms with E-state index in [9.17, 15) is 9.90 Å². The number of nitrogens with one attached hydrogen (secondary N) is 1. The molecule has 0 spiro atoms. The molecule has 21 heavy (non-hydrogen) atoms. The van der Waals surface area contributed by atoms with Crippen LogP contribution in [0, 0.1) is 0 Å². The molecule has 1 saturated heterocycles. The number of phenolic OH excluding ortho intramolecular Hbond substituents is 1. The number of amides is 1. The Balaban J connectivity index is 1.83. The van der Waals surface area contributed by atoms with Gasteiger partial charge in [-0.1, -0.05) is 0 Å². The van der Waals surface area contributed by atoms with Gasteiger partial charge in [0.05, 0.1) is 13.2 Å². The van der Waals surface area contributed by atoms with E-state index in [0.29, 0.717) is 18.8 Å². The first-order valence-electron chi connectivity index (χ1n) is 6.90. The Labute approximate surface area is 124 Å². The molecule has 0 radical (unpaired) electrons. The lowest BCUT2D eigenvalue weighted by Crippen LogP contribution is -2.57. The summed E-state index contributed by atoms with van der Waals surface area (Å²) in [7, 11) is 1.51. The molecule has 1 aliphatic heterocycles. The topological polar surface area (TPSA) is 71.0 Å². The molecule has 1 fully saturated rings. The lowest BCUT2D eigenvalue weighted by molar-refractivity contribution is 0.0105. The van der Waals surface area contributed by atoms with Gasteiger partial charge in [0.2, 0.25) is 0 Å². The summed E-state index contributed by atoms with van der Waals surface area (Å²) < 4.78 is 10.3. The monoisotopic (exact) mass is 294 g/mol. The number of methoxy groups -OCH3 is 1. The number of carbonyl (C=O) groups is 1. The first-order valence-corrected chi connectivity index (χ1v) is 6.90. The highest BCUT2D eigenvalue weighted by molar-refractivity contribution is 5.70. The van der Waals surface area contributed by atoms with E-state index < -0.39 is 5.60 Å². The van der Waals surface area contributed by atoms with E-state index in [1.165, 1.54) is 7.11 Å². The zero-order valence-electron chi connectivity index (χ0n) is 12.8. The van der Waals surface area contributed by atoms with Gasteiger partial charge in [-0.2, -0.15) is 0 Å². The maximum Gasteiger partial charge on any atom is 0.410 e. The number of ether oxygens (including phenoxy) is 2. The number of phenols is 1. The zero-order chi connectivity index (χ0) is 15.6. The summed E-state index contributed by atoms with van der Waals surface area (Å²) in [6, 6.07) is 5.29. The summed E-state index contributed by atoms with van der Waals surface area (Å²) in [5.74, 6) is 0.523. The van der Waals surface area contributed by atoms with Crippen LogP contribution in [0.3, 0.4) is 0 Å². The van der Waals surface area contributed by atoms with Gasteiger partial charge in [-0.25, -0.2) is 4.79 Å². The Bertz CT molecular complexity index is 519. The van der Waals surface area contributed by atoms with Crippen molar-refractivity contribution in [3.63, 3.8) is 0 Å². The van der Waals surface area contributed by atoms with Crippen LogP contribution >= 0.6 is 0 Å². The van der Waals surface area contributed by atoms with Crippen molar-refractivity contribution in [2.75, 3.05) is 25.5 Å². The summed E-state index contributed by atoms with van der Waals surface area (Å²) in [6.45, 7) is 6.71. The summed E-state index contributed by atoms with van der Waals surface area (Å²) in [6.07, 6.45) is -0.293. The smallest absolute Gasteiger partial charge is 0.410 e. The van der Waals surface area contributed by atoms with Crippen LogP contribution in [-0.4, -0.2) is 47.9 Å². The fraction of sp³-hybridized carbons (Fsp3) is 0.533. The maximum absolute atomic E-state index is 11.8. The summed E-state index contributed by atoms with van der Waals surface area (Å²) in [5.41, 5.74) is 0.319. The van der Waals surface area contributed by atoms with Gasteiger partial charge in [-0.05, 0) is 32.9 Å². The predicted octanol–water partition coefficient (Wildman–Crippen LogP) is 2.43. The number of carbonyl (C=O) groups excluding carboxylic acids is 1. The molecule has 0 aliphatic carbocycles. The minimum absolute atomic E-state index is 0.0887. The lowest BCUT2D eigenvalue weighted by atomic mass is 10.1. The average Bonchev–Trinajstić information content (AvgIpc) is 2.31. The minimum Gasteiger partial charge on any atom is -0.504 e. The molecule has 1 aromatic carbocycles. The molecule has 0 unspecified atom stereocenters. The van der Waals surface area contributed by atoms with E-state index in [1.54, 1.807) is 17.0 Å². The standard InChI is InChI=1S/C15H22N2O4/c1-15(2,3)21-14(19)17-8-11(9-17)16-10-5-6-13(20-4)12(18)7-10/h5-7,11,16,18H,8-9H2,1-4H3. The second-order valence-electron chi connectivity index (χ2n) is 6.11. The van der Waals surface area contributed by atoms with Crippen molar-refractivity contribution in [3.8, 4) is 11.5 Å². The highest BCUT2D eigenvalue weighted by atomic mass is 16.6. The Morgan fingerprint density at radius 2 is 2.05 bits per heavy atom. The summed E-state index contributed by atoms with van der Waals surface area (Å²) in [4.78, 5) is 13.4. The molecule has 1 aromatic rings. The fourth-order valence-electron chi connectivity index (χ4n) is 2.06. The van der Waals surface area contributed by atoms with Crippen LogP contribution < -0.4 is 10.1 Å². The molecule has 0 bridgehead atoms. The van der Waals surface area contributed by atoms with Gasteiger partial charge in [0.15, 0.2) is 11.5 Å². The van der Waals surface area contributed by atoms with Gasteiger partial charge < -0.3 is 24.8 Å². The van der Waals surface area contributed by atoms with E-state index in [2.05, 4.69) is 5.32 Å². The van der Waals surface area contributed by atoms with E-state index >= 15 is 0 Å². The van der Waals surface area contributed by atoms with Gasteiger partial charge in [0, 0.05) is 24.8 Å². The Morgan fingerprint density at radius 3 is 2.57 bits per heavy atom. The van der Waals surface area contributed by atoms with Crippen molar-refractivity contribution >= 4 is 11.8 Å². The minimum atomic E-state index is -0.475. The largest absolute Gasteiger partial charge is 0.504 e. The summed E-state index contributed by atoms with van der Waals surface area (Å²) in [5, 5.41) is 13.0. The Hall–Kier alpha value is -2.11. The van der Waals surface area contributed by atoms with Crippen LogP contribution in [0.2, 0.25) is 0 Å². The van der Waals surface area contributed by atoms with Crippen molar-refractivity contribution in [3.05, 3.63) is 18.2 Å². The van der Waals surface area contributed by atoms with Crippen LogP contribution in [0.25, 0.3) is 0 Å². The van der Waals surface area contributed by atoms with Crippen LogP contribution in [0.5, 0.6) is 11.5 Å². The molecule has 1 amide bonds. The van der Waals surface area contributed by atoms with Crippen molar-refractivity contribution < 1.29 is 19.4 Å². The molecule has 1 heterocycles. The molecule has 6 heteroatoms. The zero-order valence-corrected chi connectivity index (χ0v) is 12.8. The predicted molar refractivity (Wildman–Crippen MR) is 79.9 cm³/mol. The van der Waals surface area contributed by atoms with E-state index in [1.807, 2.05) is 26.8 Å². The second-order valence-corrected chi connectivity index (χ2v) is 6.11. The fourth-order valence-corrected chi connectivity index (χ4v) is 2.06. The van der Waals surface area contributed by atoms with E-state index in [4.69, 9.17) is 9.47 Å². The summed E-state index contributed by atoms with van der Waals surface area (Å²) >= 11 is 0. The molecule has 116 valence electrons. The molecule has 0 atom stereocenters. The van der Waals surface area contributed by atoms with E-state index in [0.717, 1.165) is 5.69 Å². The van der Waals surface area contributed by atoms with Gasteiger partial charge >= 0.3 is 6.09 Å². The first kappa shape index (κ1) is 15.3. The van der Waals surface area contributed by atoms with Crippen LogP contribution in [0.15, 0.2) is 18.2 Å². The highest BCUT2D eigenvalue weighted by Gasteiger charge is 2.33. The molecule has 1 aliphatic rings. The molecule has 2 N–H and O–H groups in total. The second kappa shape index (κ2) is 5.71. The van der Waals surface area contributed by atoms with Gasteiger partial charge in [0.1, 0.15) is 5.60 Å². The Kier molecular flexibility index (Phi) is 4.16. The highest BCUT2D eigenvalue weighted by Crippen LogP contribution is 2.29. The van der Waals surface area contributed by atoms with E-state index in [-0.39, 0.29) is 17.9 Å². The lowest BCUT2D eigenvalue weighted by Gasteiger charge is -2.40. The van der Waals surface area contributed by atoms with Crippen molar-refractivity contribution in [2.24, 2.45) is 0 Å².